The van der Waals surface area contributed by atoms with Gasteiger partial charge in [0.1, 0.15) is 0 Å². The number of nitrogens with zero attached hydrogens (tertiary/aromatic N) is 1. The SMILES string of the molecule is CCCc1ccc(C(C)N(CC(N)=O)Cc2cccc(N)c2)cc1.Cl. The zero-order chi connectivity index (χ0) is 17.5. The molecule has 4 N–H and O–H groups in total. The fourth-order valence-electron chi connectivity index (χ4n) is 2.92. The quantitative estimate of drug-likeness (QED) is 0.704. The Morgan fingerprint density at radius 1 is 1.12 bits per heavy atom. The van der Waals surface area contributed by atoms with Crippen molar-refractivity contribution in [1.82, 2.24) is 4.90 Å². The van der Waals surface area contributed by atoms with E-state index in [1.165, 1.54) is 11.1 Å². The average molecular weight is 362 g/mol. The molecule has 0 aliphatic heterocycles. The van der Waals surface area contributed by atoms with E-state index in [9.17, 15) is 4.79 Å². The molecule has 2 aromatic rings. The number of carbonyl (C=O) groups excluding carboxylic acids is 1. The van der Waals surface area contributed by atoms with Crippen molar-refractivity contribution in [3.05, 3.63) is 65.2 Å². The summed E-state index contributed by atoms with van der Waals surface area (Å²) in [6.07, 6.45) is 2.22. The minimum absolute atomic E-state index is 0. The second-order valence-corrected chi connectivity index (χ2v) is 6.28. The van der Waals surface area contributed by atoms with Crippen LogP contribution in [0, 0.1) is 0 Å². The van der Waals surface area contributed by atoms with Crippen molar-refractivity contribution < 1.29 is 4.79 Å². The van der Waals surface area contributed by atoms with Crippen LogP contribution in [0.4, 0.5) is 5.69 Å². The van der Waals surface area contributed by atoms with Gasteiger partial charge in [-0.3, -0.25) is 9.69 Å². The van der Waals surface area contributed by atoms with Gasteiger partial charge >= 0.3 is 0 Å². The Labute approximate surface area is 156 Å². The molecule has 25 heavy (non-hydrogen) atoms. The van der Waals surface area contributed by atoms with Gasteiger partial charge in [-0.05, 0) is 42.2 Å². The fourth-order valence-corrected chi connectivity index (χ4v) is 2.92. The largest absolute Gasteiger partial charge is 0.399 e. The van der Waals surface area contributed by atoms with E-state index in [0.717, 1.165) is 24.1 Å². The molecule has 0 saturated heterocycles. The lowest BCUT2D eigenvalue weighted by Gasteiger charge is -2.28. The van der Waals surface area contributed by atoms with Crippen molar-refractivity contribution in [2.24, 2.45) is 5.73 Å². The highest BCUT2D eigenvalue weighted by atomic mass is 35.5. The predicted octanol–water partition coefficient (Wildman–Crippen LogP) is 3.69. The van der Waals surface area contributed by atoms with Gasteiger partial charge < -0.3 is 11.5 Å². The molecule has 1 unspecified atom stereocenters. The Morgan fingerprint density at radius 2 is 1.80 bits per heavy atom. The molecule has 0 fully saturated rings. The van der Waals surface area contributed by atoms with E-state index in [0.29, 0.717) is 6.54 Å². The number of anilines is 1. The summed E-state index contributed by atoms with van der Waals surface area (Å²) in [6.45, 7) is 5.12. The Morgan fingerprint density at radius 3 is 2.36 bits per heavy atom. The van der Waals surface area contributed by atoms with Gasteiger partial charge in [0, 0.05) is 18.3 Å². The Hall–Kier alpha value is -2.04. The van der Waals surface area contributed by atoms with E-state index in [2.05, 4.69) is 43.0 Å². The second kappa shape index (κ2) is 10.1. The van der Waals surface area contributed by atoms with Crippen molar-refractivity contribution in [3.63, 3.8) is 0 Å². The summed E-state index contributed by atoms with van der Waals surface area (Å²) < 4.78 is 0. The van der Waals surface area contributed by atoms with E-state index in [1.807, 2.05) is 24.3 Å². The van der Waals surface area contributed by atoms with Crippen molar-refractivity contribution in [2.75, 3.05) is 12.3 Å². The van der Waals surface area contributed by atoms with E-state index in [-0.39, 0.29) is 30.9 Å². The third-order valence-electron chi connectivity index (χ3n) is 4.24. The molecule has 0 bridgehead atoms. The number of primary amides is 1. The van der Waals surface area contributed by atoms with Crippen LogP contribution in [0.25, 0.3) is 0 Å². The van der Waals surface area contributed by atoms with Crippen molar-refractivity contribution >= 4 is 24.0 Å². The van der Waals surface area contributed by atoms with Crippen LogP contribution in [0.1, 0.15) is 43.0 Å². The van der Waals surface area contributed by atoms with E-state index < -0.39 is 0 Å². The monoisotopic (exact) mass is 361 g/mol. The summed E-state index contributed by atoms with van der Waals surface area (Å²) in [7, 11) is 0. The maximum absolute atomic E-state index is 11.5. The molecule has 1 atom stereocenters. The molecule has 0 heterocycles. The molecule has 4 nitrogen and oxygen atoms in total. The first-order chi connectivity index (χ1) is 11.5. The number of amides is 1. The van der Waals surface area contributed by atoms with Crippen LogP contribution in [-0.4, -0.2) is 17.4 Å². The normalized spacial score (nSPS) is 11.8. The van der Waals surface area contributed by atoms with Crippen LogP contribution in [0.15, 0.2) is 48.5 Å². The number of nitrogens with two attached hydrogens (primary N) is 2. The minimum Gasteiger partial charge on any atom is -0.399 e. The molecule has 0 aromatic heterocycles. The Bertz CT molecular complexity index is 673. The number of hydrogen-bond acceptors (Lipinski definition) is 3. The highest BCUT2D eigenvalue weighted by molar-refractivity contribution is 5.85. The van der Waals surface area contributed by atoms with Gasteiger partial charge in [-0.15, -0.1) is 12.4 Å². The Kier molecular flexibility index (Phi) is 8.46. The maximum atomic E-state index is 11.5. The minimum atomic E-state index is -0.326. The third kappa shape index (κ3) is 6.40. The average Bonchev–Trinajstić information content (AvgIpc) is 2.54. The van der Waals surface area contributed by atoms with Crippen LogP contribution in [0.2, 0.25) is 0 Å². The van der Waals surface area contributed by atoms with Gasteiger partial charge in [0.2, 0.25) is 5.91 Å². The summed E-state index contributed by atoms with van der Waals surface area (Å²) in [6, 6.07) is 16.4. The van der Waals surface area contributed by atoms with Crippen LogP contribution >= 0.6 is 12.4 Å². The topological polar surface area (TPSA) is 72.3 Å². The number of aryl methyl sites for hydroxylation is 1. The number of nitrogen functional groups attached to an aromatic ring is 1. The van der Waals surface area contributed by atoms with Gasteiger partial charge in [0.05, 0.1) is 6.54 Å². The number of rotatable bonds is 8. The number of halogens is 1. The number of benzene rings is 2. The highest BCUT2D eigenvalue weighted by Gasteiger charge is 2.18. The summed E-state index contributed by atoms with van der Waals surface area (Å²) in [5.41, 5.74) is 15.6. The van der Waals surface area contributed by atoms with Crippen LogP contribution in [0.3, 0.4) is 0 Å². The van der Waals surface area contributed by atoms with E-state index in [4.69, 9.17) is 11.5 Å². The first-order valence-corrected chi connectivity index (χ1v) is 8.45. The van der Waals surface area contributed by atoms with Crippen LogP contribution < -0.4 is 11.5 Å². The molecule has 2 rings (SSSR count). The van der Waals surface area contributed by atoms with Crippen molar-refractivity contribution in [3.8, 4) is 0 Å². The lowest BCUT2D eigenvalue weighted by molar-refractivity contribution is -0.119. The van der Waals surface area contributed by atoms with Gasteiger partial charge in [0.25, 0.3) is 0 Å². The molecule has 136 valence electrons. The molecule has 0 saturated carbocycles. The van der Waals surface area contributed by atoms with Gasteiger partial charge in [-0.1, -0.05) is 49.7 Å². The fraction of sp³-hybridized carbons (Fsp3) is 0.350. The van der Waals surface area contributed by atoms with Crippen molar-refractivity contribution in [2.45, 2.75) is 39.3 Å². The Balaban J connectivity index is 0.00000312. The molecular formula is C20H28ClN3O. The zero-order valence-corrected chi connectivity index (χ0v) is 15.8. The summed E-state index contributed by atoms with van der Waals surface area (Å²) in [4.78, 5) is 13.6. The molecule has 0 spiro atoms. The first kappa shape index (κ1) is 21.0. The van der Waals surface area contributed by atoms with Gasteiger partial charge in [0.15, 0.2) is 0 Å². The maximum Gasteiger partial charge on any atom is 0.231 e. The van der Waals surface area contributed by atoms with Gasteiger partial charge in [-0.2, -0.15) is 0 Å². The second-order valence-electron chi connectivity index (χ2n) is 6.28. The smallest absolute Gasteiger partial charge is 0.231 e. The molecule has 0 aliphatic rings. The van der Waals surface area contributed by atoms with E-state index in [1.54, 1.807) is 0 Å². The van der Waals surface area contributed by atoms with E-state index >= 15 is 0 Å². The molecule has 0 radical (unpaired) electrons. The molecular weight excluding hydrogens is 334 g/mol. The summed E-state index contributed by atoms with van der Waals surface area (Å²) in [5.74, 6) is -0.326. The van der Waals surface area contributed by atoms with Crippen molar-refractivity contribution in [1.29, 1.82) is 0 Å². The van der Waals surface area contributed by atoms with Gasteiger partial charge in [-0.25, -0.2) is 0 Å². The zero-order valence-electron chi connectivity index (χ0n) is 14.9. The standard InChI is InChI=1S/C20H27N3O.ClH/c1-3-5-16-8-10-18(11-9-16)15(2)23(14-20(22)24)13-17-6-4-7-19(21)12-17;/h4,6-12,15H,3,5,13-14,21H2,1-2H3,(H2,22,24);1H. The predicted molar refractivity (Wildman–Crippen MR) is 107 cm³/mol. The van der Waals surface area contributed by atoms with Crippen LogP contribution in [-0.2, 0) is 17.8 Å². The molecule has 5 heteroatoms. The lowest BCUT2D eigenvalue weighted by Crippen LogP contribution is -2.35. The van der Waals surface area contributed by atoms with Crippen LogP contribution in [0.5, 0.6) is 0 Å². The third-order valence-corrected chi connectivity index (χ3v) is 4.24. The first-order valence-electron chi connectivity index (χ1n) is 8.45. The summed E-state index contributed by atoms with van der Waals surface area (Å²) >= 11 is 0. The number of hydrogen-bond donors (Lipinski definition) is 2. The molecule has 0 aliphatic carbocycles. The summed E-state index contributed by atoms with van der Waals surface area (Å²) in [5, 5.41) is 0. The molecule has 2 aromatic carbocycles. The highest BCUT2D eigenvalue weighted by Crippen LogP contribution is 2.23. The molecule has 1 amide bonds. The lowest BCUT2D eigenvalue weighted by atomic mass is 10.0. The number of carbonyl (C=O) groups is 1.